The summed E-state index contributed by atoms with van der Waals surface area (Å²) in [5.41, 5.74) is 0. The molecule has 2 rings (SSSR count). The van der Waals surface area contributed by atoms with E-state index < -0.39 is 12.3 Å². The SMILES string of the molecule is OC(CNC1CCN2CCC1C2)C(F)(F)F. The number of nitrogens with zero attached hydrogens (tertiary/aromatic N) is 1. The highest BCUT2D eigenvalue weighted by Crippen LogP contribution is 2.27. The molecule has 2 fully saturated rings. The highest BCUT2D eigenvalue weighted by atomic mass is 19.4. The van der Waals surface area contributed by atoms with Crippen molar-refractivity contribution in [2.45, 2.75) is 31.2 Å². The molecular formula is C10H17F3N2O. The maximum Gasteiger partial charge on any atom is 0.415 e. The third-order valence-corrected chi connectivity index (χ3v) is 3.59. The molecular weight excluding hydrogens is 221 g/mol. The number of aliphatic hydroxyl groups excluding tert-OH is 1. The Morgan fingerprint density at radius 3 is 2.69 bits per heavy atom. The van der Waals surface area contributed by atoms with Crippen LogP contribution in [-0.4, -0.2) is 54.5 Å². The number of nitrogens with one attached hydrogen (secondary N) is 1. The lowest BCUT2D eigenvalue weighted by atomic mass is 9.94. The third-order valence-electron chi connectivity index (χ3n) is 3.59. The van der Waals surface area contributed by atoms with Crippen LogP contribution in [0.25, 0.3) is 0 Å². The van der Waals surface area contributed by atoms with Gasteiger partial charge in [-0.25, -0.2) is 0 Å². The number of piperidine rings is 1. The van der Waals surface area contributed by atoms with Crippen molar-refractivity contribution in [3.8, 4) is 0 Å². The van der Waals surface area contributed by atoms with Gasteiger partial charge in [-0.2, -0.15) is 13.2 Å². The first kappa shape index (κ1) is 12.1. The zero-order valence-electron chi connectivity index (χ0n) is 9.00. The molecule has 94 valence electrons. The molecule has 6 heteroatoms. The molecule has 0 amide bonds. The van der Waals surface area contributed by atoms with Crippen molar-refractivity contribution in [2.24, 2.45) is 5.92 Å². The summed E-state index contributed by atoms with van der Waals surface area (Å²) in [7, 11) is 0. The monoisotopic (exact) mass is 238 g/mol. The molecule has 0 spiro atoms. The second-order valence-electron chi connectivity index (χ2n) is 4.71. The number of halogens is 3. The van der Waals surface area contributed by atoms with Gasteiger partial charge < -0.3 is 15.3 Å². The minimum absolute atomic E-state index is 0.135. The molecule has 2 bridgehead atoms. The lowest BCUT2D eigenvalue weighted by Crippen LogP contribution is -2.48. The first-order valence-electron chi connectivity index (χ1n) is 5.67. The number of aliphatic hydroxyl groups is 1. The van der Waals surface area contributed by atoms with Gasteiger partial charge >= 0.3 is 6.18 Å². The predicted octanol–water partition coefficient (Wildman–Crippen LogP) is 0.593. The van der Waals surface area contributed by atoms with Crippen LogP contribution in [-0.2, 0) is 0 Å². The van der Waals surface area contributed by atoms with E-state index in [4.69, 9.17) is 5.11 Å². The third kappa shape index (κ3) is 2.67. The van der Waals surface area contributed by atoms with E-state index in [1.165, 1.54) is 0 Å². The highest BCUT2D eigenvalue weighted by molar-refractivity contribution is 4.91. The number of hydrogen-bond acceptors (Lipinski definition) is 3. The zero-order chi connectivity index (χ0) is 11.8. The summed E-state index contributed by atoms with van der Waals surface area (Å²) in [6.45, 7) is 2.62. The van der Waals surface area contributed by atoms with Gasteiger partial charge in [-0.1, -0.05) is 0 Å². The van der Waals surface area contributed by atoms with Crippen LogP contribution in [0.4, 0.5) is 13.2 Å². The molecule has 2 N–H and O–H groups in total. The average Bonchev–Trinajstić information content (AvgIpc) is 2.58. The Morgan fingerprint density at radius 1 is 1.31 bits per heavy atom. The van der Waals surface area contributed by atoms with Crippen LogP contribution in [0.2, 0.25) is 0 Å². The lowest BCUT2D eigenvalue weighted by Gasteiger charge is -2.31. The summed E-state index contributed by atoms with van der Waals surface area (Å²) >= 11 is 0. The van der Waals surface area contributed by atoms with Crippen LogP contribution in [0.15, 0.2) is 0 Å². The zero-order valence-corrected chi connectivity index (χ0v) is 9.00. The first-order chi connectivity index (χ1) is 7.47. The van der Waals surface area contributed by atoms with E-state index in [1.807, 2.05) is 0 Å². The van der Waals surface area contributed by atoms with Gasteiger partial charge in [-0.05, 0) is 31.8 Å². The van der Waals surface area contributed by atoms with Gasteiger partial charge in [0.2, 0.25) is 0 Å². The van der Waals surface area contributed by atoms with Crippen molar-refractivity contribution in [3.05, 3.63) is 0 Å². The quantitative estimate of drug-likeness (QED) is 0.755. The smallest absolute Gasteiger partial charge is 0.382 e. The Hall–Kier alpha value is -0.330. The summed E-state index contributed by atoms with van der Waals surface area (Å²) < 4.78 is 36.3. The van der Waals surface area contributed by atoms with Gasteiger partial charge in [0.15, 0.2) is 6.10 Å². The number of fused-ring (bicyclic) bond motifs is 2. The maximum atomic E-state index is 12.1. The Morgan fingerprint density at radius 2 is 2.00 bits per heavy atom. The number of rotatable bonds is 3. The molecule has 2 saturated heterocycles. The van der Waals surface area contributed by atoms with E-state index in [9.17, 15) is 13.2 Å². The molecule has 2 aliphatic heterocycles. The Balaban J connectivity index is 1.77. The molecule has 4 unspecified atom stereocenters. The average molecular weight is 238 g/mol. The largest absolute Gasteiger partial charge is 0.415 e. The fraction of sp³-hybridized carbons (Fsp3) is 1.00. The van der Waals surface area contributed by atoms with Crippen LogP contribution in [0.1, 0.15) is 12.8 Å². The van der Waals surface area contributed by atoms with E-state index in [-0.39, 0.29) is 12.6 Å². The van der Waals surface area contributed by atoms with Crippen molar-refractivity contribution in [3.63, 3.8) is 0 Å². The maximum absolute atomic E-state index is 12.1. The molecule has 0 saturated carbocycles. The number of alkyl halides is 3. The molecule has 16 heavy (non-hydrogen) atoms. The number of hydrogen-bond donors (Lipinski definition) is 2. The van der Waals surface area contributed by atoms with Crippen molar-refractivity contribution >= 4 is 0 Å². The Bertz CT molecular complexity index is 247. The van der Waals surface area contributed by atoms with E-state index >= 15 is 0 Å². The fourth-order valence-electron chi connectivity index (χ4n) is 2.60. The van der Waals surface area contributed by atoms with Gasteiger partial charge in [0.1, 0.15) is 0 Å². The molecule has 3 nitrogen and oxygen atoms in total. The second kappa shape index (κ2) is 4.50. The van der Waals surface area contributed by atoms with Crippen LogP contribution < -0.4 is 5.32 Å². The van der Waals surface area contributed by atoms with Crippen molar-refractivity contribution < 1.29 is 18.3 Å². The van der Waals surface area contributed by atoms with E-state index in [2.05, 4.69) is 10.2 Å². The molecule has 2 aliphatic rings. The summed E-state index contributed by atoms with van der Waals surface area (Å²) in [6, 6.07) is 0.135. The first-order valence-corrected chi connectivity index (χ1v) is 5.67. The Kier molecular flexibility index (Phi) is 3.42. The lowest BCUT2D eigenvalue weighted by molar-refractivity contribution is -0.202. The molecule has 2 heterocycles. The predicted molar refractivity (Wildman–Crippen MR) is 53.0 cm³/mol. The van der Waals surface area contributed by atoms with Crippen LogP contribution >= 0.6 is 0 Å². The molecule has 0 aromatic carbocycles. The summed E-state index contributed by atoms with van der Waals surface area (Å²) in [5.74, 6) is 0.453. The fourth-order valence-corrected chi connectivity index (χ4v) is 2.60. The summed E-state index contributed by atoms with van der Waals surface area (Å²) in [4.78, 5) is 2.34. The summed E-state index contributed by atoms with van der Waals surface area (Å²) in [6.07, 6.45) is -4.81. The van der Waals surface area contributed by atoms with Gasteiger partial charge in [-0.15, -0.1) is 0 Å². The van der Waals surface area contributed by atoms with E-state index in [1.54, 1.807) is 0 Å². The van der Waals surface area contributed by atoms with Crippen molar-refractivity contribution in [1.29, 1.82) is 0 Å². The molecule has 0 aliphatic carbocycles. The van der Waals surface area contributed by atoms with Gasteiger partial charge in [0.25, 0.3) is 0 Å². The summed E-state index contributed by atoms with van der Waals surface area (Å²) in [5, 5.41) is 11.7. The van der Waals surface area contributed by atoms with Gasteiger partial charge in [0.05, 0.1) is 0 Å². The minimum Gasteiger partial charge on any atom is -0.382 e. The van der Waals surface area contributed by atoms with Crippen molar-refractivity contribution in [2.75, 3.05) is 26.2 Å². The minimum atomic E-state index is -4.51. The normalized spacial score (nSPS) is 36.4. The molecule has 0 aromatic rings. The Labute approximate surface area is 92.6 Å². The second-order valence-corrected chi connectivity index (χ2v) is 4.71. The molecule has 0 aromatic heterocycles. The van der Waals surface area contributed by atoms with Crippen LogP contribution in [0.5, 0.6) is 0 Å². The standard InChI is InChI=1S/C10H17F3N2O/c11-10(12,13)9(16)5-14-8-2-4-15-3-1-7(8)6-15/h7-9,14,16H,1-6H2. The molecule has 0 radical (unpaired) electrons. The molecule has 4 atom stereocenters. The van der Waals surface area contributed by atoms with Crippen molar-refractivity contribution in [1.82, 2.24) is 10.2 Å². The van der Waals surface area contributed by atoms with Crippen LogP contribution in [0, 0.1) is 5.92 Å². The van der Waals surface area contributed by atoms with Gasteiger partial charge in [0, 0.05) is 19.1 Å². The van der Waals surface area contributed by atoms with Gasteiger partial charge in [-0.3, -0.25) is 0 Å². The van der Waals surface area contributed by atoms with E-state index in [0.29, 0.717) is 5.92 Å². The van der Waals surface area contributed by atoms with E-state index in [0.717, 1.165) is 32.5 Å². The topological polar surface area (TPSA) is 35.5 Å². The van der Waals surface area contributed by atoms with Crippen LogP contribution in [0.3, 0.4) is 0 Å². The highest BCUT2D eigenvalue weighted by Gasteiger charge is 2.40.